The third kappa shape index (κ3) is 4.19. The van der Waals surface area contributed by atoms with E-state index in [-0.39, 0.29) is 0 Å². The van der Waals surface area contributed by atoms with E-state index in [1.807, 2.05) is 11.3 Å². The van der Waals surface area contributed by atoms with Crippen molar-refractivity contribution in [3.05, 3.63) is 57.3 Å². The van der Waals surface area contributed by atoms with Crippen molar-refractivity contribution in [3.8, 4) is 0 Å². The highest BCUT2D eigenvalue weighted by molar-refractivity contribution is 7.12. The van der Waals surface area contributed by atoms with Crippen LogP contribution in [0, 0.1) is 13.8 Å². The Bertz CT molecular complexity index is 515. The van der Waals surface area contributed by atoms with Gasteiger partial charge in [0.2, 0.25) is 0 Å². The zero-order valence-corrected chi connectivity index (χ0v) is 13.6. The summed E-state index contributed by atoms with van der Waals surface area (Å²) in [5.74, 6) is 0. The monoisotopic (exact) mass is 287 g/mol. The number of thiophene rings is 1. The minimum absolute atomic E-state index is 0.486. The Hall–Kier alpha value is -1.12. The first-order valence-corrected chi connectivity index (χ1v) is 8.36. The molecule has 20 heavy (non-hydrogen) atoms. The van der Waals surface area contributed by atoms with E-state index >= 15 is 0 Å². The summed E-state index contributed by atoms with van der Waals surface area (Å²) in [6.07, 6.45) is 3.49. The highest BCUT2D eigenvalue weighted by Gasteiger charge is 2.15. The summed E-state index contributed by atoms with van der Waals surface area (Å²) in [7, 11) is 0. The maximum absolute atomic E-state index is 3.72. The van der Waals surface area contributed by atoms with Gasteiger partial charge < -0.3 is 5.32 Å². The molecule has 0 aliphatic heterocycles. The fraction of sp³-hybridized carbons (Fsp3) is 0.444. The van der Waals surface area contributed by atoms with Crippen LogP contribution < -0.4 is 5.32 Å². The third-order valence-electron chi connectivity index (χ3n) is 3.66. The smallest absolute Gasteiger partial charge is 0.0334 e. The van der Waals surface area contributed by atoms with Crippen molar-refractivity contribution in [2.24, 2.45) is 0 Å². The van der Waals surface area contributed by atoms with Crippen LogP contribution in [-0.4, -0.2) is 6.54 Å². The van der Waals surface area contributed by atoms with Crippen LogP contribution in [-0.2, 0) is 6.42 Å². The van der Waals surface area contributed by atoms with Crippen molar-refractivity contribution >= 4 is 11.3 Å². The molecular weight excluding hydrogens is 262 g/mol. The van der Waals surface area contributed by atoms with Gasteiger partial charge in [-0.1, -0.05) is 37.3 Å². The Labute approximate surface area is 127 Å². The third-order valence-corrected chi connectivity index (χ3v) is 4.64. The van der Waals surface area contributed by atoms with Gasteiger partial charge in [0.1, 0.15) is 0 Å². The van der Waals surface area contributed by atoms with Gasteiger partial charge in [0.15, 0.2) is 0 Å². The molecule has 2 aromatic rings. The van der Waals surface area contributed by atoms with E-state index in [1.165, 1.54) is 33.7 Å². The van der Waals surface area contributed by atoms with Crippen molar-refractivity contribution in [1.29, 1.82) is 0 Å². The largest absolute Gasteiger partial charge is 0.310 e. The molecule has 1 heterocycles. The van der Waals surface area contributed by atoms with Crippen LogP contribution in [0.2, 0.25) is 0 Å². The molecule has 0 bridgehead atoms. The topological polar surface area (TPSA) is 12.0 Å². The van der Waals surface area contributed by atoms with E-state index in [2.05, 4.69) is 62.5 Å². The first-order chi connectivity index (χ1) is 9.70. The van der Waals surface area contributed by atoms with E-state index in [4.69, 9.17) is 0 Å². The van der Waals surface area contributed by atoms with Gasteiger partial charge in [0, 0.05) is 15.8 Å². The van der Waals surface area contributed by atoms with Crippen LogP contribution in [0.1, 0.15) is 46.7 Å². The van der Waals surface area contributed by atoms with Crippen molar-refractivity contribution in [3.63, 3.8) is 0 Å². The molecule has 108 valence electrons. The molecule has 1 N–H and O–H groups in total. The molecule has 0 saturated carbocycles. The number of nitrogens with one attached hydrogen (secondary N) is 1. The fourth-order valence-corrected chi connectivity index (χ4v) is 3.63. The average Bonchev–Trinajstić information content (AvgIpc) is 2.79. The maximum Gasteiger partial charge on any atom is 0.0334 e. The summed E-state index contributed by atoms with van der Waals surface area (Å²) in [5, 5.41) is 3.72. The maximum atomic E-state index is 3.72. The van der Waals surface area contributed by atoms with Gasteiger partial charge >= 0.3 is 0 Å². The predicted octanol–water partition coefficient (Wildman–Crippen LogP) is 5.04. The van der Waals surface area contributed by atoms with Gasteiger partial charge in [-0.25, -0.2) is 0 Å². The number of rotatable bonds is 7. The molecule has 1 aromatic heterocycles. The lowest BCUT2D eigenvalue weighted by Crippen LogP contribution is -2.22. The highest BCUT2D eigenvalue weighted by Crippen LogP contribution is 2.29. The molecule has 0 aliphatic rings. The SMILES string of the molecule is CCCNC(CCc1ccccc1)c1cc(C)sc1C. The molecule has 0 fully saturated rings. The zero-order chi connectivity index (χ0) is 14.4. The van der Waals surface area contributed by atoms with Gasteiger partial charge in [0.05, 0.1) is 0 Å². The van der Waals surface area contributed by atoms with Crippen molar-refractivity contribution in [2.45, 2.75) is 46.1 Å². The molecule has 2 heteroatoms. The normalized spacial score (nSPS) is 12.6. The number of hydrogen-bond acceptors (Lipinski definition) is 2. The van der Waals surface area contributed by atoms with Crippen molar-refractivity contribution in [2.75, 3.05) is 6.54 Å². The lowest BCUT2D eigenvalue weighted by Gasteiger charge is -2.19. The molecule has 1 atom stereocenters. The van der Waals surface area contributed by atoms with Crippen molar-refractivity contribution < 1.29 is 0 Å². The molecule has 0 saturated heterocycles. The first-order valence-electron chi connectivity index (χ1n) is 7.55. The molecule has 2 rings (SSSR count). The molecular formula is C18H25NS. The van der Waals surface area contributed by atoms with Crippen LogP contribution >= 0.6 is 11.3 Å². The second-order valence-corrected chi connectivity index (χ2v) is 6.86. The standard InChI is InChI=1S/C18H25NS/c1-4-12-19-18(17-13-14(2)20-15(17)3)11-10-16-8-6-5-7-9-16/h5-9,13,18-19H,4,10-12H2,1-3H3. The fourth-order valence-electron chi connectivity index (χ4n) is 2.64. The van der Waals surface area contributed by atoms with E-state index in [9.17, 15) is 0 Å². The minimum Gasteiger partial charge on any atom is -0.310 e. The van der Waals surface area contributed by atoms with Gasteiger partial charge in [-0.05, 0) is 56.8 Å². The second-order valence-electron chi connectivity index (χ2n) is 5.40. The van der Waals surface area contributed by atoms with E-state index in [0.717, 1.165) is 13.0 Å². The molecule has 0 radical (unpaired) electrons. The Morgan fingerprint density at radius 3 is 2.50 bits per heavy atom. The first kappa shape index (κ1) is 15.3. The van der Waals surface area contributed by atoms with E-state index in [1.54, 1.807) is 0 Å². The summed E-state index contributed by atoms with van der Waals surface area (Å²) < 4.78 is 0. The van der Waals surface area contributed by atoms with Gasteiger partial charge in [0.25, 0.3) is 0 Å². The second kappa shape index (κ2) is 7.61. The van der Waals surface area contributed by atoms with Crippen LogP contribution in [0.15, 0.2) is 36.4 Å². The Morgan fingerprint density at radius 1 is 1.15 bits per heavy atom. The lowest BCUT2D eigenvalue weighted by molar-refractivity contribution is 0.499. The Kier molecular flexibility index (Phi) is 5.81. The summed E-state index contributed by atoms with van der Waals surface area (Å²) in [6, 6.07) is 13.6. The van der Waals surface area contributed by atoms with Gasteiger partial charge in [-0.2, -0.15) is 0 Å². The summed E-state index contributed by atoms with van der Waals surface area (Å²) in [6.45, 7) is 7.77. The molecule has 1 aromatic carbocycles. The van der Waals surface area contributed by atoms with Crippen LogP contribution in [0.5, 0.6) is 0 Å². The summed E-state index contributed by atoms with van der Waals surface area (Å²) >= 11 is 1.91. The quantitative estimate of drug-likeness (QED) is 0.752. The zero-order valence-electron chi connectivity index (χ0n) is 12.8. The number of benzene rings is 1. The molecule has 0 spiro atoms. The average molecular weight is 287 g/mol. The lowest BCUT2D eigenvalue weighted by atomic mass is 9.99. The minimum atomic E-state index is 0.486. The van der Waals surface area contributed by atoms with Crippen molar-refractivity contribution in [1.82, 2.24) is 5.32 Å². The molecule has 1 unspecified atom stereocenters. The molecule has 1 nitrogen and oxygen atoms in total. The highest BCUT2D eigenvalue weighted by atomic mass is 32.1. The molecule has 0 amide bonds. The van der Waals surface area contributed by atoms with E-state index < -0.39 is 0 Å². The number of aryl methyl sites for hydroxylation is 3. The predicted molar refractivity (Wildman–Crippen MR) is 89.6 cm³/mol. The van der Waals surface area contributed by atoms with Gasteiger partial charge in [-0.15, -0.1) is 11.3 Å². The van der Waals surface area contributed by atoms with Crippen LogP contribution in [0.3, 0.4) is 0 Å². The molecule has 0 aliphatic carbocycles. The summed E-state index contributed by atoms with van der Waals surface area (Å²) in [5.41, 5.74) is 2.93. The van der Waals surface area contributed by atoms with Crippen LogP contribution in [0.25, 0.3) is 0 Å². The Balaban J connectivity index is 2.05. The van der Waals surface area contributed by atoms with E-state index in [0.29, 0.717) is 6.04 Å². The Morgan fingerprint density at radius 2 is 1.90 bits per heavy atom. The number of hydrogen-bond donors (Lipinski definition) is 1. The van der Waals surface area contributed by atoms with Crippen LogP contribution in [0.4, 0.5) is 0 Å². The summed E-state index contributed by atoms with van der Waals surface area (Å²) in [4.78, 5) is 2.88. The van der Waals surface area contributed by atoms with Gasteiger partial charge in [-0.3, -0.25) is 0 Å².